The quantitative estimate of drug-likeness (QED) is 0.0377. The fraction of sp³-hybridized carbons (Fsp3) is 0.533. The van der Waals surface area contributed by atoms with E-state index in [-0.39, 0.29) is 72.6 Å². The SMILES string of the molecule is O=C(OCCOCCOCCOCCOCCOCCOCCOCCOC(=O)Oc1ccc([N+](=O)[O-])cc1Cl)Oc1ccc([N+](=O)[O-])cc1Cl. The second kappa shape index (κ2) is 26.8. The highest BCUT2D eigenvalue weighted by molar-refractivity contribution is 6.32. The Kier molecular flexibility index (Phi) is 22.7. The molecule has 2 aromatic carbocycles. The van der Waals surface area contributed by atoms with E-state index in [1.165, 1.54) is 12.1 Å². The maximum Gasteiger partial charge on any atom is 0.513 e. The number of halogens is 2. The van der Waals surface area contributed by atoms with Crippen LogP contribution in [0.4, 0.5) is 21.0 Å². The number of nitrogens with zero attached hydrogens (tertiary/aromatic N) is 2. The van der Waals surface area contributed by atoms with E-state index < -0.39 is 22.2 Å². The smallest absolute Gasteiger partial charge is 0.432 e. The molecule has 0 saturated carbocycles. The molecule has 284 valence electrons. The zero-order valence-electron chi connectivity index (χ0n) is 27.4. The van der Waals surface area contributed by atoms with E-state index in [2.05, 4.69) is 0 Å². The zero-order chi connectivity index (χ0) is 37.1. The zero-order valence-corrected chi connectivity index (χ0v) is 28.9. The molecule has 2 rings (SSSR count). The Balaban J connectivity index is 1.26. The monoisotopic (exact) mass is 768 g/mol. The first kappa shape index (κ1) is 43.2. The van der Waals surface area contributed by atoms with E-state index in [1.54, 1.807) is 0 Å². The lowest BCUT2D eigenvalue weighted by Gasteiger charge is -2.09. The lowest BCUT2D eigenvalue weighted by atomic mass is 10.3. The van der Waals surface area contributed by atoms with Crippen LogP contribution in [0.5, 0.6) is 11.5 Å². The van der Waals surface area contributed by atoms with Gasteiger partial charge in [-0.3, -0.25) is 20.2 Å². The average Bonchev–Trinajstić information content (AvgIpc) is 3.09. The summed E-state index contributed by atoms with van der Waals surface area (Å²) in [6, 6.07) is 6.83. The molecule has 0 spiro atoms. The number of rotatable bonds is 28. The van der Waals surface area contributed by atoms with Gasteiger partial charge in [0.25, 0.3) is 11.4 Å². The van der Waals surface area contributed by atoms with Crippen molar-refractivity contribution in [2.24, 2.45) is 0 Å². The number of carbonyl (C=O) groups is 2. The Labute approximate surface area is 302 Å². The fourth-order valence-electron chi connectivity index (χ4n) is 3.40. The molecule has 21 heteroatoms. The number of benzene rings is 2. The molecule has 0 heterocycles. The van der Waals surface area contributed by atoms with E-state index in [4.69, 9.17) is 75.3 Å². The number of carbonyl (C=O) groups excluding carboxylic acids is 2. The highest BCUT2D eigenvalue weighted by Gasteiger charge is 2.15. The van der Waals surface area contributed by atoms with Gasteiger partial charge in [0.2, 0.25) is 0 Å². The van der Waals surface area contributed by atoms with Crippen molar-refractivity contribution < 1.29 is 71.5 Å². The summed E-state index contributed by atoms with van der Waals surface area (Å²) in [6.07, 6.45) is -2.04. The van der Waals surface area contributed by atoms with Gasteiger partial charge in [-0.2, -0.15) is 0 Å². The van der Waals surface area contributed by atoms with Crippen LogP contribution in [-0.2, 0) is 42.6 Å². The van der Waals surface area contributed by atoms with Gasteiger partial charge in [-0.25, -0.2) is 9.59 Å². The first-order chi connectivity index (χ1) is 24.7. The van der Waals surface area contributed by atoms with Crippen LogP contribution in [-0.4, -0.2) is 128 Å². The van der Waals surface area contributed by atoms with E-state index >= 15 is 0 Å². The Morgan fingerprint density at radius 1 is 0.471 bits per heavy atom. The van der Waals surface area contributed by atoms with Crippen LogP contribution in [0.3, 0.4) is 0 Å². The molecule has 19 nitrogen and oxygen atoms in total. The van der Waals surface area contributed by atoms with Gasteiger partial charge in [0.15, 0.2) is 11.5 Å². The molecule has 0 atom stereocenters. The first-order valence-corrected chi connectivity index (χ1v) is 16.0. The van der Waals surface area contributed by atoms with Crippen molar-refractivity contribution in [3.8, 4) is 11.5 Å². The summed E-state index contributed by atoms with van der Waals surface area (Å²) in [5.41, 5.74) is -0.469. The second-order valence-corrected chi connectivity index (χ2v) is 10.2. The van der Waals surface area contributed by atoms with Crippen LogP contribution in [0.15, 0.2) is 36.4 Å². The molecule has 0 amide bonds. The van der Waals surface area contributed by atoms with Crippen LogP contribution in [0.2, 0.25) is 10.0 Å². The minimum absolute atomic E-state index is 0.0627. The summed E-state index contributed by atoms with van der Waals surface area (Å²) in [4.78, 5) is 43.6. The standard InChI is InChI=1S/C30H38Cl2N2O17/c31-25-21-23(33(37)38)1-3-27(25)50-29(35)48-19-17-46-15-13-44-11-9-42-7-5-41-6-8-43-10-12-45-14-16-47-18-20-49-30(36)51-28-4-2-24(34(39)40)22-26(28)32/h1-4,21-22H,5-20H2. The molecule has 2 aromatic rings. The molecule has 51 heavy (non-hydrogen) atoms. The van der Waals surface area contributed by atoms with E-state index in [0.29, 0.717) is 66.1 Å². The number of ether oxygens (including phenoxy) is 11. The second-order valence-electron chi connectivity index (χ2n) is 9.43. The van der Waals surface area contributed by atoms with Crippen molar-refractivity contribution in [3.05, 3.63) is 66.7 Å². The molecular formula is C30H38Cl2N2O17. The predicted octanol–water partition coefficient (Wildman–Crippen LogP) is 4.66. The molecule has 0 N–H and O–H groups in total. The number of non-ortho nitro benzene ring substituents is 2. The molecule has 0 aliphatic heterocycles. The maximum atomic E-state index is 11.7. The summed E-state index contributed by atoms with van der Waals surface area (Å²) >= 11 is 11.7. The van der Waals surface area contributed by atoms with Crippen molar-refractivity contribution in [1.82, 2.24) is 0 Å². The van der Waals surface area contributed by atoms with Crippen molar-refractivity contribution in [1.29, 1.82) is 0 Å². The third kappa shape index (κ3) is 20.5. The summed E-state index contributed by atoms with van der Waals surface area (Å²) in [5, 5.41) is 21.2. The van der Waals surface area contributed by atoms with Gasteiger partial charge in [0.1, 0.15) is 13.2 Å². The van der Waals surface area contributed by atoms with Gasteiger partial charge < -0.3 is 52.1 Å². The molecule has 0 unspecified atom stereocenters. The highest BCUT2D eigenvalue weighted by atomic mass is 35.5. The van der Waals surface area contributed by atoms with Gasteiger partial charge in [0, 0.05) is 24.3 Å². The molecule has 0 fully saturated rings. The number of nitro benzene ring substituents is 2. The van der Waals surface area contributed by atoms with Gasteiger partial charge >= 0.3 is 12.3 Å². The summed E-state index contributed by atoms with van der Waals surface area (Å²) in [6.45, 7) is 4.30. The third-order valence-corrected chi connectivity index (χ3v) is 6.36. The third-order valence-electron chi connectivity index (χ3n) is 5.77. The predicted molar refractivity (Wildman–Crippen MR) is 176 cm³/mol. The number of nitro groups is 2. The van der Waals surface area contributed by atoms with Crippen LogP contribution in [0.1, 0.15) is 0 Å². The lowest BCUT2D eigenvalue weighted by molar-refractivity contribution is -0.385. The first-order valence-electron chi connectivity index (χ1n) is 15.3. The minimum atomic E-state index is -1.02. The molecule has 0 radical (unpaired) electrons. The van der Waals surface area contributed by atoms with Crippen LogP contribution in [0, 0.1) is 20.2 Å². The fourth-order valence-corrected chi connectivity index (χ4v) is 3.83. The average molecular weight is 770 g/mol. The minimum Gasteiger partial charge on any atom is -0.432 e. The van der Waals surface area contributed by atoms with E-state index in [1.807, 2.05) is 0 Å². The number of hydrogen-bond donors (Lipinski definition) is 0. The Bertz CT molecular complexity index is 1250. The summed E-state index contributed by atoms with van der Waals surface area (Å²) in [7, 11) is 0. The van der Waals surface area contributed by atoms with E-state index in [0.717, 1.165) is 24.3 Å². The normalized spacial score (nSPS) is 10.9. The van der Waals surface area contributed by atoms with Crippen LogP contribution < -0.4 is 9.47 Å². The largest absolute Gasteiger partial charge is 0.513 e. The van der Waals surface area contributed by atoms with Crippen LogP contribution in [0.25, 0.3) is 0 Å². The van der Waals surface area contributed by atoms with Gasteiger partial charge in [-0.1, -0.05) is 23.2 Å². The van der Waals surface area contributed by atoms with Crippen LogP contribution >= 0.6 is 23.2 Å². The van der Waals surface area contributed by atoms with Gasteiger partial charge in [0.05, 0.1) is 112 Å². The molecule has 0 bridgehead atoms. The molecule has 0 aliphatic carbocycles. The Hall–Kier alpha value is -3.92. The van der Waals surface area contributed by atoms with Crippen molar-refractivity contribution in [2.75, 3.05) is 106 Å². The highest BCUT2D eigenvalue weighted by Crippen LogP contribution is 2.30. The van der Waals surface area contributed by atoms with Gasteiger partial charge in [-0.05, 0) is 12.1 Å². The molecular weight excluding hydrogens is 731 g/mol. The van der Waals surface area contributed by atoms with Crippen molar-refractivity contribution >= 4 is 46.9 Å². The molecule has 0 saturated heterocycles. The Morgan fingerprint density at radius 3 is 0.961 bits per heavy atom. The van der Waals surface area contributed by atoms with Gasteiger partial charge in [-0.15, -0.1) is 0 Å². The maximum absolute atomic E-state index is 11.7. The van der Waals surface area contributed by atoms with E-state index in [9.17, 15) is 29.8 Å². The summed E-state index contributed by atoms with van der Waals surface area (Å²) < 4.78 is 57.1. The topological polar surface area (TPSA) is 222 Å². The lowest BCUT2D eigenvalue weighted by Crippen LogP contribution is -2.17. The Morgan fingerprint density at radius 2 is 0.725 bits per heavy atom. The summed E-state index contributed by atoms with van der Waals surface area (Å²) in [5.74, 6) is -0.125. The van der Waals surface area contributed by atoms with Crippen molar-refractivity contribution in [3.63, 3.8) is 0 Å². The van der Waals surface area contributed by atoms with Crippen molar-refractivity contribution in [2.45, 2.75) is 0 Å². The number of hydrogen-bond acceptors (Lipinski definition) is 17. The molecule has 0 aromatic heterocycles. The molecule has 0 aliphatic rings.